The predicted octanol–water partition coefficient (Wildman–Crippen LogP) is 3.81. The Morgan fingerprint density at radius 3 is 2.52 bits per heavy atom. The number of aromatic hydroxyl groups is 1. The van der Waals surface area contributed by atoms with E-state index in [-0.39, 0.29) is 15.9 Å². The molecule has 0 fully saturated rings. The fourth-order valence-corrected chi connectivity index (χ4v) is 4.22. The third-order valence-electron chi connectivity index (χ3n) is 4.06. The molecule has 3 aromatic rings. The first-order chi connectivity index (χ1) is 11.6. The van der Waals surface area contributed by atoms with Gasteiger partial charge in [0.05, 0.1) is 0 Å². The molecule has 0 saturated carbocycles. The van der Waals surface area contributed by atoms with Crippen molar-refractivity contribution >= 4 is 22.7 Å². The highest BCUT2D eigenvalue weighted by Gasteiger charge is 2.30. The van der Waals surface area contributed by atoms with E-state index >= 15 is 0 Å². The Morgan fingerprint density at radius 2 is 1.92 bits per heavy atom. The molecule has 0 unspecified atom stereocenters. The number of fused-ring (bicyclic) bond motifs is 1. The second-order valence-corrected chi connectivity index (χ2v) is 9.90. The van der Waals surface area contributed by atoms with Crippen molar-refractivity contribution in [2.45, 2.75) is 56.1 Å². The molecule has 25 heavy (non-hydrogen) atoms. The van der Waals surface area contributed by atoms with Crippen molar-refractivity contribution in [1.29, 1.82) is 0 Å². The zero-order valence-corrected chi connectivity index (χ0v) is 16.4. The summed E-state index contributed by atoms with van der Waals surface area (Å²) in [5.74, 6) is 1.13. The Bertz CT molecular complexity index is 904. The van der Waals surface area contributed by atoms with Crippen molar-refractivity contribution < 1.29 is 5.11 Å². The van der Waals surface area contributed by atoms with Crippen molar-refractivity contribution in [2.24, 2.45) is 7.05 Å². The van der Waals surface area contributed by atoms with Gasteiger partial charge in [-0.3, -0.25) is 0 Å². The molecule has 6 nitrogen and oxygen atoms in total. The maximum atomic E-state index is 9.93. The Balaban J connectivity index is 2.09. The summed E-state index contributed by atoms with van der Waals surface area (Å²) in [6, 6.07) is 5.48. The molecule has 0 atom stereocenters. The summed E-state index contributed by atoms with van der Waals surface area (Å²) in [5.41, 5.74) is 1.95. The number of thioether (sulfide) groups is 1. The van der Waals surface area contributed by atoms with Crippen molar-refractivity contribution in [3.63, 3.8) is 0 Å². The van der Waals surface area contributed by atoms with Gasteiger partial charge in [0.1, 0.15) is 5.75 Å². The minimum absolute atomic E-state index is 0.0613. The number of aromatic nitrogens is 5. The smallest absolute Gasteiger partial charge is 0.156 e. The Morgan fingerprint density at radius 1 is 1.20 bits per heavy atom. The van der Waals surface area contributed by atoms with E-state index in [1.807, 2.05) is 30.9 Å². The van der Waals surface area contributed by atoms with E-state index in [9.17, 15) is 5.11 Å². The van der Waals surface area contributed by atoms with Crippen LogP contribution in [0, 0.1) is 0 Å². The van der Waals surface area contributed by atoms with Crippen LogP contribution in [0.3, 0.4) is 0 Å². The number of hydrogen-bond donors (Lipinski definition) is 2. The largest absolute Gasteiger partial charge is 0.508 e. The lowest BCUT2D eigenvalue weighted by atomic mass is 9.87. The minimum atomic E-state index is -0.228. The molecule has 1 aromatic carbocycles. The lowest BCUT2D eigenvalue weighted by Gasteiger charge is -2.24. The number of rotatable bonds is 4. The molecule has 0 amide bonds. The van der Waals surface area contributed by atoms with Crippen LogP contribution in [-0.2, 0) is 18.9 Å². The first kappa shape index (κ1) is 17.8. The van der Waals surface area contributed by atoms with Gasteiger partial charge < -0.3 is 10.1 Å². The first-order valence-electron chi connectivity index (χ1n) is 8.32. The molecule has 2 N–H and O–H groups in total. The van der Waals surface area contributed by atoms with E-state index in [2.05, 4.69) is 55.1 Å². The number of phenols is 1. The standard InChI is InChI=1S/C18H25N5OS/c1-17(2,3)25-15-12-9-11(24)7-8-13(12)19-14(15)10-18(4,5)16-20-21-22-23(16)6/h7-9,19,24H,10H2,1-6H3. The van der Waals surface area contributed by atoms with Gasteiger partial charge in [-0.05, 0) is 28.6 Å². The quantitative estimate of drug-likeness (QED) is 0.693. The lowest BCUT2D eigenvalue weighted by molar-refractivity contribution is 0.452. The fraction of sp³-hybridized carbons (Fsp3) is 0.500. The molecule has 0 aliphatic rings. The zero-order valence-electron chi connectivity index (χ0n) is 15.6. The molecule has 2 aromatic heterocycles. The predicted molar refractivity (Wildman–Crippen MR) is 101 cm³/mol. The second kappa shape index (κ2) is 6.05. The minimum Gasteiger partial charge on any atom is -0.508 e. The monoisotopic (exact) mass is 359 g/mol. The lowest BCUT2D eigenvalue weighted by Crippen LogP contribution is -2.26. The summed E-state index contributed by atoms with van der Waals surface area (Å²) in [5, 5.41) is 22.9. The summed E-state index contributed by atoms with van der Waals surface area (Å²) in [6.45, 7) is 10.9. The van der Waals surface area contributed by atoms with Crippen molar-refractivity contribution in [3.05, 3.63) is 29.7 Å². The van der Waals surface area contributed by atoms with Gasteiger partial charge in [-0.15, -0.1) is 16.9 Å². The van der Waals surface area contributed by atoms with Crippen molar-refractivity contribution in [1.82, 2.24) is 25.2 Å². The van der Waals surface area contributed by atoms with Gasteiger partial charge in [-0.2, -0.15) is 0 Å². The van der Waals surface area contributed by atoms with E-state index in [1.54, 1.807) is 10.7 Å². The third-order valence-corrected chi connectivity index (χ3v) is 5.34. The highest BCUT2D eigenvalue weighted by atomic mass is 32.2. The van der Waals surface area contributed by atoms with Crippen LogP contribution in [0.5, 0.6) is 5.75 Å². The van der Waals surface area contributed by atoms with Gasteiger partial charge in [-0.1, -0.05) is 34.6 Å². The zero-order chi connectivity index (χ0) is 18.4. The number of aryl methyl sites for hydroxylation is 1. The first-order valence-corrected chi connectivity index (χ1v) is 9.14. The number of aromatic amines is 1. The van der Waals surface area contributed by atoms with Crippen LogP contribution >= 0.6 is 11.8 Å². The number of nitrogens with one attached hydrogen (secondary N) is 1. The van der Waals surface area contributed by atoms with E-state index in [0.717, 1.165) is 28.8 Å². The maximum absolute atomic E-state index is 9.93. The summed E-state index contributed by atoms with van der Waals surface area (Å²) in [7, 11) is 1.87. The van der Waals surface area contributed by atoms with Crippen LogP contribution in [0.15, 0.2) is 23.1 Å². The molecule has 2 heterocycles. The van der Waals surface area contributed by atoms with Crippen molar-refractivity contribution in [3.8, 4) is 5.75 Å². The number of phenolic OH excluding ortho intramolecular Hbond substituents is 1. The summed E-state index contributed by atoms with van der Waals surface area (Å²) in [6.07, 6.45) is 0.773. The highest BCUT2D eigenvalue weighted by molar-refractivity contribution is 8.00. The summed E-state index contributed by atoms with van der Waals surface area (Å²) >= 11 is 1.81. The van der Waals surface area contributed by atoms with Crippen LogP contribution in [0.1, 0.15) is 46.1 Å². The van der Waals surface area contributed by atoms with Crippen LogP contribution in [0.2, 0.25) is 0 Å². The van der Waals surface area contributed by atoms with Crippen LogP contribution in [-0.4, -0.2) is 35.0 Å². The Kier molecular flexibility index (Phi) is 4.31. The average molecular weight is 359 g/mol. The molecule has 0 spiro atoms. The topological polar surface area (TPSA) is 79.6 Å². The van der Waals surface area contributed by atoms with Crippen molar-refractivity contribution in [2.75, 3.05) is 0 Å². The fourth-order valence-electron chi connectivity index (χ4n) is 3.08. The van der Waals surface area contributed by atoms with E-state index in [0.29, 0.717) is 0 Å². The van der Waals surface area contributed by atoms with E-state index in [4.69, 9.17) is 0 Å². The summed E-state index contributed by atoms with van der Waals surface area (Å²) < 4.78 is 1.79. The van der Waals surface area contributed by atoms with E-state index < -0.39 is 0 Å². The molecule has 0 saturated heterocycles. The maximum Gasteiger partial charge on any atom is 0.156 e. The average Bonchev–Trinajstić information content (AvgIpc) is 3.03. The van der Waals surface area contributed by atoms with Gasteiger partial charge in [0.2, 0.25) is 0 Å². The normalized spacial score (nSPS) is 12.9. The third kappa shape index (κ3) is 3.66. The van der Waals surface area contributed by atoms with Gasteiger partial charge in [0.25, 0.3) is 0 Å². The molecular weight excluding hydrogens is 334 g/mol. The number of hydrogen-bond acceptors (Lipinski definition) is 5. The van der Waals surface area contributed by atoms with Crippen LogP contribution < -0.4 is 0 Å². The molecular formula is C18H25N5OS. The van der Waals surface area contributed by atoms with E-state index in [1.165, 1.54) is 4.90 Å². The highest BCUT2D eigenvalue weighted by Crippen LogP contribution is 2.42. The molecule has 3 rings (SSSR count). The SMILES string of the molecule is Cn1nnnc1C(C)(C)Cc1[nH]c2ccc(O)cc2c1SC(C)(C)C. The van der Waals surface area contributed by atoms with Gasteiger partial charge in [-0.25, -0.2) is 4.68 Å². The molecule has 0 bridgehead atoms. The Hall–Kier alpha value is -2.02. The molecule has 0 aliphatic heterocycles. The molecule has 0 aliphatic carbocycles. The Labute approximate surface area is 152 Å². The van der Waals surface area contributed by atoms with Crippen LogP contribution in [0.4, 0.5) is 0 Å². The molecule has 134 valence electrons. The number of nitrogens with zero attached hydrogens (tertiary/aromatic N) is 4. The number of benzene rings is 1. The van der Waals surface area contributed by atoms with Crippen LogP contribution in [0.25, 0.3) is 10.9 Å². The van der Waals surface area contributed by atoms with Gasteiger partial charge >= 0.3 is 0 Å². The summed E-state index contributed by atoms with van der Waals surface area (Å²) in [4.78, 5) is 4.72. The number of H-pyrrole nitrogens is 1. The number of tetrazole rings is 1. The second-order valence-electron chi connectivity index (χ2n) is 8.06. The molecule has 7 heteroatoms. The molecule has 0 radical (unpaired) electrons. The van der Waals surface area contributed by atoms with Gasteiger partial charge in [0.15, 0.2) is 5.82 Å². The van der Waals surface area contributed by atoms with Gasteiger partial charge in [0, 0.05) is 45.1 Å².